The maximum atomic E-state index is 12.2. The number of nitrogens with one attached hydrogen (secondary N) is 1. The van der Waals surface area contributed by atoms with Crippen molar-refractivity contribution in [2.75, 3.05) is 0 Å². The van der Waals surface area contributed by atoms with Crippen LogP contribution in [0.5, 0.6) is 0 Å². The lowest BCUT2D eigenvalue weighted by atomic mass is 10.1. The third kappa shape index (κ3) is 3.06. The van der Waals surface area contributed by atoms with Crippen LogP contribution in [0.15, 0.2) is 23.2 Å². The monoisotopic (exact) mass is 374 g/mol. The van der Waals surface area contributed by atoms with E-state index in [0.29, 0.717) is 5.25 Å². The van der Waals surface area contributed by atoms with E-state index in [0.717, 1.165) is 19.9 Å². The summed E-state index contributed by atoms with van der Waals surface area (Å²) in [6.07, 6.45) is 0. The van der Waals surface area contributed by atoms with Crippen LogP contribution in [-0.2, 0) is 0 Å². The summed E-state index contributed by atoms with van der Waals surface area (Å²) in [6, 6.07) is 6.13. The first-order valence-corrected chi connectivity index (χ1v) is 7.75. The molecule has 3 nitrogen and oxygen atoms in total. The Morgan fingerprint density at radius 1 is 1.44 bits per heavy atom. The van der Waals surface area contributed by atoms with Crippen molar-refractivity contribution in [3.8, 4) is 0 Å². The normalized spacial score (nSPS) is 22.8. The molecule has 1 amide bonds. The first-order chi connectivity index (χ1) is 8.47. The van der Waals surface area contributed by atoms with E-state index in [-0.39, 0.29) is 11.9 Å². The minimum Gasteiger partial charge on any atom is -0.301 e. The number of amides is 1. The van der Waals surface area contributed by atoms with Gasteiger partial charge in [-0.2, -0.15) is 0 Å². The number of amidine groups is 1. The Labute approximate surface area is 125 Å². The van der Waals surface area contributed by atoms with Crippen LogP contribution in [0.2, 0.25) is 0 Å². The zero-order chi connectivity index (χ0) is 13.3. The van der Waals surface area contributed by atoms with Crippen molar-refractivity contribution in [1.29, 1.82) is 0 Å². The zero-order valence-corrected chi connectivity index (χ0v) is 13.5. The Hall–Kier alpha value is -0.560. The molecule has 0 saturated carbocycles. The van der Waals surface area contributed by atoms with E-state index in [2.05, 4.69) is 46.7 Å². The van der Waals surface area contributed by atoms with Crippen molar-refractivity contribution in [3.63, 3.8) is 0 Å². The first-order valence-electron chi connectivity index (χ1n) is 5.79. The fourth-order valence-electron chi connectivity index (χ4n) is 1.66. The number of hydrogen-bond donors (Lipinski definition) is 1. The summed E-state index contributed by atoms with van der Waals surface area (Å²) >= 11 is 3.83. The third-order valence-electron chi connectivity index (χ3n) is 2.96. The molecule has 1 aliphatic rings. The zero-order valence-electron chi connectivity index (χ0n) is 10.5. The highest BCUT2D eigenvalue weighted by molar-refractivity contribution is 14.1. The summed E-state index contributed by atoms with van der Waals surface area (Å²) < 4.78 is 1.06. The average molecular weight is 374 g/mol. The number of benzene rings is 1. The van der Waals surface area contributed by atoms with Gasteiger partial charge in [-0.3, -0.25) is 9.79 Å². The van der Waals surface area contributed by atoms with Crippen LogP contribution in [0.3, 0.4) is 0 Å². The van der Waals surface area contributed by atoms with Gasteiger partial charge in [-0.15, -0.1) is 0 Å². The number of thioether (sulfide) groups is 1. The number of halogens is 1. The van der Waals surface area contributed by atoms with E-state index in [4.69, 9.17) is 0 Å². The molecule has 18 heavy (non-hydrogen) atoms. The lowest BCUT2D eigenvalue weighted by Gasteiger charge is -2.08. The molecule has 1 aromatic rings. The van der Waals surface area contributed by atoms with Crippen molar-refractivity contribution in [2.45, 2.75) is 32.1 Å². The number of carbonyl (C=O) groups is 1. The summed E-state index contributed by atoms with van der Waals surface area (Å²) in [5.74, 6) is -0.0708. The second-order valence-electron chi connectivity index (χ2n) is 4.41. The van der Waals surface area contributed by atoms with Gasteiger partial charge in [-0.05, 0) is 54.1 Å². The van der Waals surface area contributed by atoms with Crippen LogP contribution >= 0.6 is 34.4 Å². The van der Waals surface area contributed by atoms with Crippen molar-refractivity contribution < 1.29 is 4.79 Å². The molecule has 2 atom stereocenters. The smallest absolute Gasteiger partial charge is 0.257 e. The highest BCUT2D eigenvalue weighted by Crippen LogP contribution is 2.25. The maximum absolute atomic E-state index is 12.2. The Morgan fingerprint density at radius 3 is 2.78 bits per heavy atom. The van der Waals surface area contributed by atoms with E-state index in [9.17, 15) is 4.79 Å². The molecular weight excluding hydrogens is 359 g/mol. The number of rotatable bonds is 1. The highest BCUT2D eigenvalue weighted by Gasteiger charge is 2.24. The Kier molecular flexibility index (Phi) is 4.32. The van der Waals surface area contributed by atoms with Gasteiger partial charge < -0.3 is 5.32 Å². The van der Waals surface area contributed by atoms with Gasteiger partial charge >= 0.3 is 0 Å². The van der Waals surface area contributed by atoms with Crippen LogP contribution in [0.4, 0.5) is 0 Å². The molecule has 5 heteroatoms. The molecule has 0 bridgehead atoms. The van der Waals surface area contributed by atoms with Gasteiger partial charge in [-0.25, -0.2) is 0 Å². The molecule has 1 aliphatic heterocycles. The Morgan fingerprint density at radius 2 is 2.17 bits per heavy atom. The van der Waals surface area contributed by atoms with Crippen LogP contribution in [-0.4, -0.2) is 22.4 Å². The van der Waals surface area contributed by atoms with E-state index >= 15 is 0 Å². The number of aryl methyl sites for hydroxylation is 1. The summed E-state index contributed by atoms with van der Waals surface area (Å²) in [5.41, 5.74) is 1.70. The quantitative estimate of drug-likeness (QED) is 0.767. The number of carbonyl (C=O) groups excluding carboxylic acids is 1. The maximum Gasteiger partial charge on any atom is 0.257 e. The molecule has 0 spiro atoms. The number of aliphatic imine (C=N–C) groups is 1. The molecule has 1 aromatic carbocycles. The number of hydrogen-bond acceptors (Lipinski definition) is 3. The first kappa shape index (κ1) is 13.9. The molecule has 2 unspecified atom stereocenters. The minimum atomic E-state index is -0.0708. The fourth-order valence-corrected chi connectivity index (χ4v) is 3.14. The predicted molar refractivity (Wildman–Crippen MR) is 85.3 cm³/mol. The SMILES string of the molecule is Cc1ccc(I)cc1C(=O)NC1=NC(C)C(C)S1. The van der Waals surface area contributed by atoms with Crippen LogP contribution < -0.4 is 5.32 Å². The molecular formula is C13H15IN2OS. The average Bonchev–Trinajstić information content (AvgIpc) is 2.61. The molecule has 2 rings (SSSR count). The molecule has 0 aromatic heterocycles. The van der Waals surface area contributed by atoms with E-state index in [1.54, 1.807) is 11.8 Å². The van der Waals surface area contributed by atoms with Gasteiger partial charge in [0.05, 0.1) is 6.04 Å². The molecule has 0 aliphatic carbocycles. The van der Waals surface area contributed by atoms with Crippen molar-refractivity contribution in [3.05, 3.63) is 32.9 Å². The van der Waals surface area contributed by atoms with Crippen molar-refractivity contribution in [1.82, 2.24) is 5.32 Å². The lowest BCUT2D eigenvalue weighted by molar-refractivity contribution is 0.0977. The van der Waals surface area contributed by atoms with Gasteiger partial charge in [0.25, 0.3) is 5.91 Å². The van der Waals surface area contributed by atoms with E-state index in [1.165, 1.54) is 0 Å². The second kappa shape index (κ2) is 5.61. The van der Waals surface area contributed by atoms with Gasteiger partial charge in [0.2, 0.25) is 0 Å². The van der Waals surface area contributed by atoms with Gasteiger partial charge in [-0.1, -0.05) is 24.8 Å². The molecule has 0 saturated heterocycles. The van der Waals surface area contributed by atoms with Gasteiger partial charge in [0.1, 0.15) is 0 Å². The topological polar surface area (TPSA) is 41.5 Å². The van der Waals surface area contributed by atoms with Crippen LogP contribution in [0.25, 0.3) is 0 Å². The summed E-state index contributed by atoms with van der Waals surface area (Å²) in [4.78, 5) is 16.6. The molecule has 1 heterocycles. The largest absolute Gasteiger partial charge is 0.301 e. The van der Waals surface area contributed by atoms with Crippen molar-refractivity contribution >= 4 is 45.4 Å². The van der Waals surface area contributed by atoms with Crippen LogP contribution in [0.1, 0.15) is 29.8 Å². The van der Waals surface area contributed by atoms with E-state index in [1.807, 2.05) is 25.1 Å². The number of nitrogens with zero attached hydrogens (tertiary/aromatic N) is 1. The molecule has 96 valence electrons. The molecule has 0 radical (unpaired) electrons. The predicted octanol–water partition coefficient (Wildman–Crippen LogP) is 3.21. The third-order valence-corrected chi connectivity index (χ3v) is 4.83. The Bertz CT molecular complexity index is 516. The molecule has 1 N–H and O–H groups in total. The Balaban J connectivity index is 2.13. The minimum absolute atomic E-state index is 0.0708. The lowest BCUT2D eigenvalue weighted by Crippen LogP contribution is -2.28. The summed E-state index contributed by atoms with van der Waals surface area (Å²) in [5, 5.41) is 4.06. The standard InChI is InChI=1S/C13H15IN2OS/c1-7-4-5-10(14)6-11(7)12(17)16-13-15-8(2)9(3)18-13/h4-6,8-9H,1-3H3,(H,15,16,17). The van der Waals surface area contributed by atoms with Gasteiger partial charge in [0, 0.05) is 14.4 Å². The van der Waals surface area contributed by atoms with Crippen molar-refractivity contribution in [2.24, 2.45) is 4.99 Å². The fraction of sp³-hybridized carbons (Fsp3) is 0.385. The highest BCUT2D eigenvalue weighted by atomic mass is 127. The summed E-state index contributed by atoms with van der Waals surface area (Å²) in [6.45, 7) is 6.13. The second-order valence-corrected chi connectivity index (χ2v) is 7.02. The molecule has 0 fully saturated rings. The van der Waals surface area contributed by atoms with Crippen LogP contribution in [0, 0.1) is 10.5 Å². The van der Waals surface area contributed by atoms with Gasteiger partial charge in [0.15, 0.2) is 5.17 Å². The summed E-state index contributed by atoms with van der Waals surface area (Å²) in [7, 11) is 0. The van der Waals surface area contributed by atoms with E-state index < -0.39 is 0 Å².